The summed E-state index contributed by atoms with van der Waals surface area (Å²) in [6.45, 7) is 6.33. The van der Waals surface area contributed by atoms with Crippen LogP contribution < -0.4 is 5.32 Å². The van der Waals surface area contributed by atoms with Gasteiger partial charge in [0.05, 0.1) is 6.04 Å². The summed E-state index contributed by atoms with van der Waals surface area (Å²) in [6.07, 6.45) is 2.09. The lowest BCUT2D eigenvalue weighted by Crippen LogP contribution is -2.26. The topological polar surface area (TPSA) is 49.3 Å². The molecule has 0 heterocycles. The highest BCUT2D eigenvalue weighted by molar-refractivity contribution is 5.72. The third-order valence-electron chi connectivity index (χ3n) is 3.21. The van der Waals surface area contributed by atoms with E-state index in [-0.39, 0.29) is 6.04 Å². The van der Waals surface area contributed by atoms with Crippen LogP contribution in [-0.4, -0.2) is 11.2 Å². The largest absolute Gasteiger partial charge is 0.465 e. The Labute approximate surface area is 108 Å². The molecule has 1 unspecified atom stereocenters. The van der Waals surface area contributed by atoms with E-state index in [0.717, 1.165) is 23.1 Å². The first-order chi connectivity index (χ1) is 8.47. The van der Waals surface area contributed by atoms with Gasteiger partial charge >= 0.3 is 6.09 Å². The molecule has 1 atom stereocenters. The number of nitrogens with one attached hydrogen (secondary N) is 1. The van der Waals surface area contributed by atoms with Crippen LogP contribution in [0.5, 0.6) is 0 Å². The van der Waals surface area contributed by atoms with Gasteiger partial charge < -0.3 is 10.4 Å². The summed E-state index contributed by atoms with van der Waals surface area (Å²) < 4.78 is 0. The van der Waals surface area contributed by atoms with Crippen LogP contribution in [0.15, 0.2) is 23.8 Å². The van der Waals surface area contributed by atoms with Crippen molar-refractivity contribution in [1.82, 2.24) is 5.32 Å². The molecule has 3 heteroatoms. The molecule has 0 bridgehead atoms. The number of carbonyl (C=O) groups is 1. The summed E-state index contributed by atoms with van der Waals surface area (Å²) in [4.78, 5) is 10.8. The summed E-state index contributed by atoms with van der Waals surface area (Å²) in [5.74, 6) is 0.601. The lowest BCUT2D eigenvalue weighted by Gasteiger charge is -2.15. The molecule has 96 valence electrons. The van der Waals surface area contributed by atoms with Gasteiger partial charge in [-0.3, -0.25) is 0 Å². The molecule has 1 aromatic carbocycles. The van der Waals surface area contributed by atoms with E-state index in [1.54, 1.807) is 0 Å². The number of fused-ring (bicyclic) bond motifs is 1. The molecule has 3 nitrogen and oxygen atoms in total. The summed E-state index contributed by atoms with van der Waals surface area (Å²) in [5, 5.41) is 11.5. The average molecular weight is 245 g/mol. The maximum Gasteiger partial charge on any atom is 0.405 e. The molecule has 0 spiro atoms. The SMILES string of the molecule is CC1=Cc2ccc(CC(C)C)cc2C1NC(=O)O. The van der Waals surface area contributed by atoms with Crippen molar-refractivity contribution in [3.63, 3.8) is 0 Å². The number of carboxylic acid groups (broad SMARTS) is 1. The van der Waals surface area contributed by atoms with Crippen molar-refractivity contribution in [3.05, 3.63) is 40.5 Å². The fraction of sp³-hybridized carbons (Fsp3) is 0.400. The van der Waals surface area contributed by atoms with Crippen LogP contribution in [0.1, 0.15) is 43.5 Å². The van der Waals surface area contributed by atoms with Crippen LogP contribution in [0.2, 0.25) is 0 Å². The standard InChI is InChI=1S/C15H19NO2/c1-9(2)6-11-4-5-12-7-10(3)14(13(12)8-11)16-15(17)18/h4-5,7-9,14,16H,6H2,1-3H3,(H,17,18). The molecule has 2 N–H and O–H groups in total. The Kier molecular flexibility index (Phi) is 3.41. The van der Waals surface area contributed by atoms with Gasteiger partial charge in [-0.15, -0.1) is 0 Å². The smallest absolute Gasteiger partial charge is 0.405 e. The van der Waals surface area contributed by atoms with E-state index in [1.807, 2.05) is 6.92 Å². The second-order valence-electron chi connectivity index (χ2n) is 5.33. The molecule has 0 saturated heterocycles. The van der Waals surface area contributed by atoms with E-state index in [0.29, 0.717) is 5.92 Å². The first kappa shape index (κ1) is 12.7. The first-order valence-electron chi connectivity index (χ1n) is 6.28. The van der Waals surface area contributed by atoms with Crippen molar-refractivity contribution >= 4 is 12.2 Å². The quantitative estimate of drug-likeness (QED) is 0.854. The number of rotatable bonds is 3. The van der Waals surface area contributed by atoms with E-state index >= 15 is 0 Å². The van der Waals surface area contributed by atoms with Crippen molar-refractivity contribution in [2.45, 2.75) is 33.2 Å². The van der Waals surface area contributed by atoms with E-state index in [1.165, 1.54) is 5.56 Å². The van der Waals surface area contributed by atoms with Crippen molar-refractivity contribution in [1.29, 1.82) is 0 Å². The third-order valence-corrected chi connectivity index (χ3v) is 3.21. The van der Waals surface area contributed by atoms with Gasteiger partial charge in [-0.05, 0) is 41.5 Å². The van der Waals surface area contributed by atoms with Gasteiger partial charge in [0.1, 0.15) is 0 Å². The lowest BCUT2D eigenvalue weighted by molar-refractivity contribution is 0.191. The molecule has 1 aromatic rings. The normalized spacial score (nSPS) is 17.6. The number of hydrogen-bond donors (Lipinski definition) is 2. The molecule has 1 amide bonds. The Morgan fingerprint density at radius 2 is 2.17 bits per heavy atom. The minimum atomic E-state index is -0.977. The number of hydrogen-bond acceptors (Lipinski definition) is 1. The number of amides is 1. The molecule has 0 aliphatic heterocycles. The highest BCUT2D eigenvalue weighted by Crippen LogP contribution is 2.34. The fourth-order valence-corrected chi connectivity index (χ4v) is 2.49. The van der Waals surface area contributed by atoms with Crippen LogP contribution in [0.25, 0.3) is 6.08 Å². The van der Waals surface area contributed by atoms with Crippen molar-refractivity contribution in [2.24, 2.45) is 5.92 Å². The highest BCUT2D eigenvalue weighted by Gasteiger charge is 2.24. The zero-order valence-corrected chi connectivity index (χ0v) is 11.0. The maximum atomic E-state index is 10.8. The Bertz CT molecular complexity index is 503. The second kappa shape index (κ2) is 4.84. The third kappa shape index (κ3) is 2.55. The lowest BCUT2D eigenvalue weighted by atomic mass is 9.97. The summed E-state index contributed by atoms with van der Waals surface area (Å²) >= 11 is 0. The maximum absolute atomic E-state index is 10.8. The summed E-state index contributed by atoms with van der Waals surface area (Å²) in [7, 11) is 0. The number of benzene rings is 1. The predicted octanol–water partition coefficient (Wildman–Crippen LogP) is 3.61. The van der Waals surface area contributed by atoms with E-state index in [2.05, 4.69) is 43.4 Å². The second-order valence-corrected chi connectivity index (χ2v) is 5.33. The molecular formula is C15H19NO2. The Morgan fingerprint density at radius 1 is 1.44 bits per heavy atom. The average Bonchev–Trinajstić information content (AvgIpc) is 2.54. The highest BCUT2D eigenvalue weighted by atomic mass is 16.4. The van der Waals surface area contributed by atoms with Gasteiger partial charge in [0.25, 0.3) is 0 Å². The molecule has 0 fully saturated rings. The Morgan fingerprint density at radius 3 is 2.78 bits per heavy atom. The Balaban J connectivity index is 2.30. The van der Waals surface area contributed by atoms with E-state index < -0.39 is 6.09 Å². The van der Waals surface area contributed by atoms with Crippen molar-refractivity contribution in [3.8, 4) is 0 Å². The van der Waals surface area contributed by atoms with Crippen LogP contribution in [0.3, 0.4) is 0 Å². The van der Waals surface area contributed by atoms with Gasteiger partial charge in [-0.25, -0.2) is 4.79 Å². The van der Waals surface area contributed by atoms with Crippen LogP contribution in [-0.2, 0) is 6.42 Å². The molecule has 1 aliphatic carbocycles. The van der Waals surface area contributed by atoms with Crippen LogP contribution in [0, 0.1) is 5.92 Å². The van der Waals surface area contributed by atoms with Gasteiger partial charge in [0.15, 0.2) is 0 Å². The van der Waals surface area contributed by atoms with E-state index in [4.69, 9.17) is 5.11 Å². The van der Waals surface area contributed by atoms with Crippen LogP contribution in [0.4, 0.5) is 4.79 Å². The minimum Gasteiger partial charge on any atom is -0.465 e. The summed E-state index contributed by atoms with van der Waals surface area (Å²) in [5.41, 5.74) is 4.52. The predicted molar refractivity (Wildman–Crippen MR) is 72.5 cm³/mol. The van der Waals surface area contributed by atoms with E-state index in [9.17, 15) is 4.79 Å². The van der Waals surface area contributed by atoms with Gasteiger partial charge in [0.2, 0.25) is 0 Å². The fourth-order valence-electron chi connectivity index (χ4n) is 2.49. The minimum absolute atomic E-state index is 0.190. The van der Waals surface area contributed by atoms with Crippen LogP contribution >= 0.6 is 0 Å². The molecule has 18 heavy (non-hydrogen) atoms. The monoisotopic (exact) mass is 245 g/mol. The zero-order chi connectivity index (χ0) is 13.3. The molecule has 0 aromatic heterocycles. The molecule has 2 rings (SSSR count). The molecule has 1 aliphatic rings. The van der Waals surface area contributed by atoms with Gasteiger partial charge in [0, 0.05) is 0 Å². The summed E-state index contributed by atoms with van der Waals surface area (Å²) in [6, 6.07) is 6.15. The molecular weight excluding hydrogens is 226 g/mol. The Hall–Kier alpha value is -1.77. The van der Waals surface area contributed by atoms with Gasteiger partial charge in [-0.2, -0.15) is 0 Å². The van der Waals surface area contributed by atoms with Crippen molar-refractivity contribution in [2.75, 3.05) is 0 Å². The first-order valence-corrected chi connectivity index (χ1v) is 6.28. The molecule has 0 saturated carbocycles. The molecule has 0 radical (unpaired) electrons. The van der Waals surface area contributed by atoms with Gasteiger partial charge in [-0.1, -0.05) is 38.1 Å². The van der Waals surface area contributed by atoms with Crippen molar-refractivity contribution < 1.29 is 9.90 Å². The zero-order valence-electron chi connectivity index (χ0n) is 11.0.